The predicted octanol–water partition coefficient (Wildman–Crippen LogP) is -0.859. The van der Waals surface area contributed by atoms with E-state index in [-0.39, 0.29) is 0 Å². The SMILES string of the molecule is COC1C(=O)NC(=O)N1C. The Hall–Kier alpha value is -1.10. The molecule has 0 aromatic carbocycles. The molecule has 0 aromatic heterocycles. The molecule has 1 aliphatic rings. The van der Waals surface area contributed by atoms with Crippen molar-refractivity contribution in [1.82, 2.24) is 10.2 Å². The van der Waals surface area contributed by atoms with E-state index in [9.17, 15) is 9.59 Å². The van der Waals surface area contributed by atoms with E-state index in [0.29, 0.717) is 0 Å². The summed E-state index contributed by atoms with van der Waals surface area (Å²) in [6, 6.07) is -0.420. The lowest BCUT2D eigenvalue weighted by atomic mass is 10.5. The number of ether oxygens (including phenoxy) is 1. The monoisotopic (exact) mass is 144 g/mol. The van der Waals surface area contributed by atoms with Gasteiger partial charge in [0.25, 0.3) is 5.91 Å². The minimum atomic E-state index is -0.757. The van der Waals surface area contributed by atoms with Crippen LogP contribution in [0.1, 0.15) is 0 Å². The molecule has 1 heterocycles. The fourth-order valence-corrected chi connectivity index (χ4v) is 0.803. The molecule has 1 aliphatic heterocycles. The average Bonchev–Trinajstić information content (AvgIpc) is 2.09. The Bertz CT molecular complexity index is 180. The molecule has 1 saturated heterocycles. The van der Waals surface area contributed by atoms with Crippen molar-refractivity contribution in [2.24, 2.45) is 0 Å². The zero-order chi connectivity index (χ0) is 7.72. The van der Waals surface area contributed by atoms with Crippen molar-refractivity contribution in [2.45, 2.75) is 6.23 Å². The summed E-state index contributed by atoms with van der Waals surface area (Å²) in [5.41, 5.74) is 0. The van der Waals surface area contributed by atoms with Crippen LogP contribution in [0.3, 0.4) is 0 Å². The summed E-state index contributed by atoms with van der Waals surface area (Å²) in [7, 11) is 2.87. The number of rotatable bonds is 1. The van der Waals surface area contributed by atoms with Crippen molar-refractivity contribution < 1.29 is 14.3 Å². The van der Waals surface area contributed by atoms with E-state index in [1.54, 1.807) is 0 Å². The zero-order valence-electron chi connectivity index (χ0n) is 5.75. The number of nitrogens with zero attached hydrogens (tertiary/aromatic N) is 1. The molecule has 5 heteroatoms. The van der Waals surface area contributed by atoms with Gasteiger partial charge in [0.05, 0.1) is 0 Å². The average molecular weight is 144 g/mol. The molecule has 1 unspecified atom stereocenters. The lowest BCUT2D eigenvalue weighted by Crippen LogP contribution is -2.32. The molecule has 0 radical (unpaired) electrons. The number of urea groups is 1. The van der Waals surface area contributed by atoms with E-state index in [0.717, 1.165) is 0 Å². The van der Waals surface area contributed by atoms with E-state index in [4.69, 9.17) is 4.74 Å². The van der Waals surface area contributed by atoms with Gasteiger partial charge in [-0.2, -0.15) is 0 Å². The number of carbonyl (C=O) groups excluding carboxylic acids is 2. The fraction of sp³-hybridized carbons (Fsp3) is 0.600. The minimum Gasteiger partial charge on any atom is -0.353 e. The molecule has 56 valence electrons. The highest BCUT2D eigenvalue weighted by atomic mass is 16.5. The second-order valence-electron chi connectivity index (χ2n) is 1.99. The third kappa shape index (κ3) is 0.841. The third-order valence-electron chi connectivity index (χ3n) is 1.35. The molecule has 0 spiro atoms. The molecule has 1 fully saturated rings. The number of nitrogens with one attached hydrogen (secondary N) is 1. The number of carbonyl (C=O) groups is 2. The Kier molecular flexibility index (Phi) is 1.58. The number of methoxy groups -OCH3 is 1. The number of amides is 3. The smallest absolute Gasteiger partial charge is 0.326 e. The van der Waals surface area contributed by atoms with Crippen LogP contribution < -0.4 is 5.32 Å². The van der Waals surface area contributed by atoms with Gasteiger partial charge in [-0.05, 0) is 0 Å². The largest absolute Gasteiger partial charge is 0.353 e. The molecule has 0 aromatic rings. The van der Waals surface area contributed by atoms with Gasteiger partial charge in [-0.15, -0.1) is 0 Å². The lowest BCUT2D eigenvalue weighted by molar-refractivity contribution is -0.132. The van der Waals surface area contributed by atoms with E-state index < -0.39 is 18.2 Å². The quantitative estimate of drug-likeness (QED) is 0.487. The van der Waals surface area contributed by atoms with Crippen LogP contribution in [0.15, 0.2) is 0 Å². The molecular formula is C5H8N2O3. The van der Waals surface area contributed by atoms with Crippen LogP contribution >= 0.6 is 0 Å². The first-order chi connectivity index (χ1) is 4.66. The topological polar surface area (TPSA) is 58.6 Å². The normalized spacial score (nSPS) is 25.4. The highest BCUT2D eigenvalue weighted by Crippen LogP contribution is 2.04. The van der Waals surface area contributed by atoms with Gasteiger partial charge in [0.1, 0.15) is 0 Å². The van der Waals surface area contributed by atoms with E-state index in [1.807, 2.05) is 0 Å². The molecule has 3 amide bonds. The van der Waals surface area contributed by atoms with Crippen LogP contribution in [0.5, 0.6) is 0 Å². The Morgan fingerprint density at radius 3 is 2.40 bits per heavy atom. The molecule has 0 saturated carbocycles. The van der Waals surface area contributed by atoms with Crippen molar-refractivity contribution in [3.63, 3.8) is 0 Å². The Morgan fingerprint density at radius 1 is 1.60 bits per heavy atom. The highest BCUT2D eigenvalue weighted by Gasteiger charge is 2.35. The summed E-state index contributed by atoms with van der Waals surface area (Å²) in [5.74, 6) is -0.407. The first-order valence-corrected chi connectivity index (χ1v) is 2.77. The van der Waals surface area contributed by atoms with Gasteiger partial charge in [-0.3, -0.25) is 15.0 Å². The molecule has 1 atom stereocenters. The van der Waals surface area contributed by atoms with Crippen LogP contribution in [0, 0.1) is 0 Å². The van der Waals surface area contributed by atoms with Crippen molar-refractivity contribution in [3.8, 4) is 0 Å². The Labute approximate surface area is 57.9 Å². The number of hydrogen-bond acceptors (Lipinski definition) is 3. The number of likely N-dealkylation sites (N-methyl/N-ethyl adjacent to an activating group) is 1. The summed E-state index contributed by atoms with van der Waals surface area (Å²) in [6.07, 6.45) is -0.757. The molecular weight excluding hydrogens is 136 g/mol. The van der Waals surface area contributed by atoms with E-state index in [1.165, 1.54) is 19.1 Å². The fourth-order valence-electron chi connectivity index (χ4n) is 0.803. The minimum absolute atomic E-state index is 0.407. The maximum Gasteiger partial charge on any atom is 0.326 e. The third-order valence-corrected chi connectivity index (χ3v) is 1.35. The Balaban J connectivity index is 2.73. The van der Waals surface area contributed by atoms with Gasteiger partial charge in [0, 0.05) is 14.2 Å². The van der Waals surface area contributed by atoms with Gasteiger partial charge in [0.15, 0.2) is 0 Å². The van der Waals surface area contributed by atoms with Crippen LogP contribution in [0.2, 0.25) is 0 Å². The first kappa shape index (κ1) is 7.01. The van der Waals surface area contributed by atoms with Crippen LogP contribution in [0.4, 0.5) is 4.79 Å². The van der Waals surface area contributed by atoms with Gasteiger partial charge < -0.3 is 4.74 Å². The van der Waals surface area contributed by atoms with Crippen LogP contribution in [0.25, 0.3) is 0 Å². The van der Waals surface area contributed by atoms with Crippen LogP contribution in [-0.2, 0) is 9.53 Å². The van der Waals surface area contributed by atoms with Gasteiger partial charge in [-0.25, -0.2) is 4.79 Å². The maximum absolute atomic E-state index is 10.7. The highest BCUT2D eigenvalue weighted by molar-refractivity contribution is 6.03. The van der Waals surface area contributed by atoms with Crippen molar-refractivity contribution in [1.29, 1.82) is 0 Å². The van der Waals surface area contributed by atoms with Crippen molar-refractivity contribution in [3.05, 3.63) is 0 Å². The van der Waals surface area contributed by atoms with Gasteiger partial charge >= 0.3 is 6.03 Å². The molecule has 10 heavy (non-hydrogen) atoms. The summed E-state index contributed by atoms with van der Waals surface area (Å²) in [5, 5.41) is 2.09. The number of hydrogen-bond donors (Lipinski definition) is 1. The molecule has 1 rings (SSSR count). The summed E-state index contributed by atoms with van der Waals surface area (Å²) in [4.78, 5) is 22.6. The van der Waals surface area contributed by atoms with Gasteiger partial charge in [-0.1, -0.05) is 0 Å². The molecule has 0 bridgehead atoms. The predicted molar refractivity (Wildman–Crippen MR) is 32.1 cm³/mol. The van der Waals surface area contributed by atoms with E-state index >= 15 is 0 Å². The zero-order valence-corrected chi connectivity index (χ0v) is 5.75. The molecule has 5 nitrogen and oxygen atoms in total. The summed E-state index contributed by atoms with van der Waals surface area (Å²) >= 11 is 0. The van der Waals surface area contributed by atoms with Crippen molar-refractivity contribution >= 4 is 11.9 Å². The maximum atomic E-state index is 10.7. The molecule has 1 N–H and O–H groups in total. The summed E-state index contributed by atoms with van der Waals surface area (Å²) < 4.78 is 4.70. The lowest BCUT2D eigenvalue weighted by Gasteiger charge is -2.12. The Morgan fingerprint density at radius 2 is 2.20 bits per heavy atom. The van der Waals surface area contributed by atoms with Crippen LogP contribution in [-0.4, -0.2) is 37.2 Å². The van der Waals surface area contributed by atoms with E-state index in [2.05, 4.69) is 5.32 Å². The second kappa shape index (κ2) is 2.26. The first-order valence-electron chi connectivity index (χ1n) is 2.77. The summed E-state index contributed by atoms with van der Waals surface area (Å²) in [6.45, 7) is 0. The molecule has 0 aliphatic carbocycles. The van der Waals surface area contributed by atoms with Gasteiger partial charge in [0.2, 0.25) is 6.23 Å². The number of imide groups is 1. The second-order valence-corrected chi connectivity index (χ2v) is 1.99. The standard InChI is InChI=1S/C5H8N2O3/c1-7-4(10-2)3(8)6-5(7)9/h4H,1-2H3,(H,6,8,9). The van der Waals surface area contributed by atoms with Crippen molar-refractivity contribution in [2.75, 3.05) is 14.2 Å².